The van der Waals surface area contributed by atoms with E-state index in [1.54, 1.807) is 0 Å². The zero-order valence-electron chi connectivity index (χ0n) is 17.4. The van der Waals surface area contributed by atoms with E-state index in [0.717, 1.165) is 12.8 Å². The van der Waals surface area contributed by atoms with E-state index in [4.69, 9.17) is 5.11 Å². The molecule has 0 heterocycles. The van der Waals surface area contributed by atoms with Crippen molar-refractivity contribution in [2.24, 2.45) is 0 Å². The van der Waals surface area contributed by atoms with Gasteiger partial charge in [0.25, 0.3) is 0 Å². The van der Waals surface area contributed by atoms with Crippen LogP contribution in [0.4, 0.5) is 0 Å². The first-order chi connectivity index (χ1) is 12.4. The maximum atomic E-state index is 8.72. The van der Waals surface area contributed by atoms with Crippen molar-refractivity contribution in [1.29, 1.82) is 0 Å². The van der Waals surface area contributed by atoms with Crippen LogP contribution in [0.3, 0.4) is 0 Å². The van der Waals surface area contributed by atoms with E-state index in [1.165, 1.54) is 128 Å². The van der Waals surface area contributed by atoms with E-state index < -0.39 is 0 Å². The monoisotopic (exact) mass is 353 g/mol. The Bertz CT molecular complexity index is 192. The van der Waals surface area contributed by atoms with E-state index >= 15 is 0 Å². The summed E-state index contributed by atoms with van der Waals surface area (Å²) in [6, 6.07) is 0. The Morgan fingerprint density at radius 3 is 0.720 bits per heavy atom. The fourth-order valence-corrected chi connectivity index (χ4v) is 3.65. The van der Waals surface area contributed by atoms with Gasteiger partial charge in [-0.15, -0.1) is 0 Å². The van der Waals surface area contributed by atoms with Gasteiger partial charge in [-0.2, -0.15) is 0 Å². The van der Waals surface area contributed by atoms with Gasteiger partial charge in [0.2, 0.25) is 0 Å². The van der Waals surface area contributed by atoms with E-state index in [0.29, 0.717) is 6.61 Å². The molecule has 0 saturated carbocycles. The summed E-state index contributed by atoms with van der Waals surface area (Å²) in [6.45, 7) is 4.27. The summed E-state index contributed by atoms with van der Waals surface area (Å²) in [5, 5.41) is 8.72. The number of aliphatic hydroxyl groups is 1. The maximum absolute atomic E-state index is 8.72. The Morgan fingerprint density at radius 1 is 0.320 bits per heavy atom. The number of hydrogen-bond acceptors (Lipinski definition) is 1. The second kappa shape index (κ2) is 24.0. The molecule has 0 aliphatic rings. The van der Waals surface area contributed by atoms with Crippen molar-refractivity contribution in [1.82, 2.24) is 0 Å². The minimum absolute atomic E-state index is 0.372. The average Bonchev–Trinajstić information content (AvgIpc) is 2.63. The molecule has 151 valence electrons. The van der Waals surface area contributed by atoms with Crippen LogP contribution in [0.2, 0.25) is 0 Å². The van der Waals surface area contributed by atoms with E-state index in [1.807, 2.05) is 0 Å². The topological polar surface area (TPSA) is 20.2 Å². The number of unbranched alkanes of at least 4 members (excludes halogenated alkanes) is 21. The van der Waals surface area contributed by atoms with Crippen molar-refractivity contribution in [3.8, 4) is 0 Å². The summed E-state index contributed by atoms with van der Waals surface area (Å²) in [7, 11) is 0. The van der Waals surface area contributed by atoms with Gasteiger partial charge in [-0.3, -0.25) is 0 Å². The van der Waals surface area contributed by atoms with Gasteiger partial charge in [-0.05, 0) is 6.42 Å². The molecule has 25 heavy (non-hydrogen) atoms. The molecule has 0 aromatic rings. The molecule has 0 bridgehead atoms. The number of rotatable bonds is 22. The van der Waals surface area contributed by atoms with Crippen LogP contribution in [0, 0.1) is 6.92 Å². The number of aliphatic hydroxyl groups excluding tert-OH is 1. The standard InChI is InChI=1S/C24H49O/c1-2-3-4-5-6-7-8-9-10-11-12-13-14-15-16-17-18-19-20-21-22-23-24-25/h25H,1-24H2. The van der Waals surface area contributed by atoms with Crippen molar-refractivity contribution < 1.29 is 5.11 Å². The smallest absolute Gasteiger partial charge is 0.0431 e. The van der Waals surface area contributed by atoms with Crippen LogP contribution in [0.25, 0.3) is 0 Å². The van der Waals surface area contributed by atoms with E-state index in [-0.39, 0.29) is 0 Å². The van der Waals surface area contributed by atoms with Crippen molar-refractivity contribution in [3.05, 3.63) is 6.92 Å². The molecule has 1 radical (unpaired) electrons. The van der Waals surface area contributed by atoms with Crippen molar-refractivity contribution in [2.45, 2.75) is 141 Å². The Labute approximate surface area is 160 Å². The molecular formula is C24H49O. The molecule has 0 saturated heterocycles. The first-order valence-corrected chi connectivity index (χ1v) is 11.8. The van der Waals surface area contributed by atoms with E-state index in [9.17, 15) is 0 Å². The predicted molar refractivity (Wildman–Crippen MR) is 114 cm³/mol. The van der Waals surface area contributed by atoms with Gasteiger partial charge in [0, 0.05) is 6.61 Å². The lowest BCUT2D eigenvalue weighted by Gasteiger charge is -2.04. The average molecular weight is 354 g/mol. The highest BCUT2D eigenvalue weighted by Crippen LogP contribution is 2.15. The molecule has 0 aliphatic heterocycles. The van der Waals surface area contributed by atoms with Gasteiger partial charge < -0.3 is 5.11 Å². The zero-order chi connectivity index (χ0) is 18.3. The molecule has 0 atom stereocenters. The SMILES string of the molecule is [CH2]CCCCCCCCCCCCCCCCCCCCCCCO. The summed E-state index contributed by atoms with van der Waals surface area (Å²) < 4.78 is 0. The summed E-state index contributed by atoms with van der Waals surface area (Å²) in [6.07, 6.45) is 30.5. The molecule has 1 nitrogen and oxygen atoms in total. The van der Waals surface area contributed by atoms with E-state index in [2.05, 4.69) is 6.92 Å². The molecule has 0 aromatic carbocycles. The first-order valence-electron chi connectivity index (χ1n) is 11.8. The third-order valence-electron chi connectivity index (χ3n) is 5.41. The van der Waals surface area contributed by atoms with Crippen LogP contribution in [0.15, 0.2) is 0 Å². The van der Waals surface area contributed by atoms with Crippen molar-refractivity contribution in [3.63, 3.8) is 0 Å². The summed E-state index contributed by atoms with van der Waals surface area (Å²) in [4.78, 5) is 0. The molecule has 0 spiro atoms. The van der Waals surface area contributed by atoms with Gasteiger partial charge >= 0.3 is 0 Å². The molecule has 1 heteroatoms. The van der Waals surface area contributed by atoms with Crippen LogP contribution in [0.5, 0.6) is 0 Å². The largest absolute Gasteiger partial charge is 0.396 e. The Morgan fingerprint density at radius 2 is 0.520 bits per heavy atom. The van der Waals surface area contributed by atoms with Crippen LogP contribution >= 0.6 is 0 Å². The minimum atomic E-state index is 0.372. The molecular weight excluding hydrogens is 304 g/mol. The molecule has 0 rings (SSSR count). The second-order valence-electron chi connectivity index (χ2n) is 8.00. The summed E-state index contributed by atoms with van der Waals surface area (Å²) in [5.74, 6) is 0. The molecule has 0 aliphatic carbocycles. The molecule has 0 fully saturated rings. The highest BCUT2D eigenvalue weighted by atomic mass is 16.2. The maximum Gasteiger partial charge on any atom is 0.0431 e. The summed E-state index contributed by atoms with van der Waals surface area (Å²) in [5.41, 5.74) is 0. The Hall–Kier alpha value is -0.0400. The van der Waals surface area contributed by atoms with Crippen molar-refractivity contribution >= 4 is 0 Å². The summed E-state index contributed by atoms with van der Waals surface area (Å²) >= 11 is 0. The zero-order valence-corrected chi connectivity index (χ0v) is 17.4. The Balaban J connectivity index is 2.94. The van der Waals surface area contributed by atoms with Gasteiger partial charge in [0.15, 0.2) is 0 Å². The molecule has 0 amide bonds. The fraction of sp³-hybridized carbons (Fsp3) is 0.958. The van der Waals surface area contributed by atoms with Crippen LogP contribution < -0.4 is 0 Å². The molecule has 1 N–H and O–H groups in total. The normalized spacial score (nSPS) is 11.3. The number of hydrogen-bond donors (Lipinski definition) is 1. The highest BCUT2D eigenvalue weighted by Gasteiger charge is 1.95. The lowest BCUT2D eigenvalue weighted by atomic mass is 10.0. The minimum Gasteiger partial charge on any atom is -0.396 e. The van der Waals surface area contributed by atoms with Gasteiger partial charge in [-0.25, -0.2) is 0 Å². The lowest BCUT2D eigenvalue weighted by molar-refractivity contribution is 0.282. The molecule has 0 unspecified atom stereocenters. The Kier molecular flexibility index (Phi) is 23.9. The van der Waals surface area contributed by atoms with Crippen LogP contribution in [-0.4, -0.2) is 11.7 Å². The highest BCUT2D eigenvalue weighted by molar-refractivity contribution is 4.51. The lowest BCUT2D eigenvalue weighted by Crippen LogP contribution is -1.85. The predicted octanol–water partition coefficient (Wildman–Crippen LogP) is 8.39. The van der Waals surface area contributed by atoms with Gasteiger partial charge in [-0.1, -0.05) is 142 Å². The molecule has 0 aromatic heterocycles. The second-order valence-corrected chi connectivity index (χ2v) is 8.00. The third-order valence-corrected chi connectivity index (χ3v) is 5.41. The fourth-order valence-electron chi connectivity index (χ4n) is 3.65. The van der Waals surface area contributed by atoms with Gasteiger partial charge in [0.1, 0.15) is 0 Å². The quantitative estimate of drug-likeness (QED) is 0.194. The first kappa shape index (κ1) is 25.0. The van der Waals surface area contributed by atoms with Crippen LogP contribution in [0.1, 0.15) is 141 Å². The van der Waals surface area contributed by atoms with Crippen LogP contribution in [-0.2, 0) is 0 Å². The van der Waals surface area contributed by atoms with Gasteiger partial charge in [0.05, 0.1) is 0 Å². The van der Waals surface area contributed by atoms with Crippen molar-refractivity contribution in [2.75, 3.05) is 6.61 Å². The third kappa shape index (κ3) is 24.0.